The summed E-state index contributed by atoms with van der Waals surface area (Å²) in [4.78, 5) is 22.1. The molecule has 0 heterocycles. The number of non-ortho nitro benzene ring substituents is 1. The average molecular weight is 380 g/mol. The second-order valence-electron chi connectivity index (χ2n) is 4.71. The van der Waals surface area contributed by atoms with Crippen LogP contribution in [0.25, 0.3) is 6.08 Å². The largest absolute Gasteiger partial charge is 0.319 e. The summed E-state index contributed by atoms with van der Waals surface area (Å²) in [6, 6.07) is 8.79. The van der Waals surface area contributed by atoms with Gasteiger partial charge < -0.3 is 5.32 Å². The van der Waals surface area contributed by atoms with Crippen LogP contribution >= 0.6 is 23.2 Å². The summed E-state index contributed by atoms with van der Waals surface area (Å²) in [7, 11) is 0. The van der Waals surface area contributed by atoms with Crippen LogP contribution in [-0.2, 0) is 4.79 Å². The first kappa shape index (κ1) is 18.4. The summed E-state index contributed by atoms with van der Waals surface area (Å²) in [6.07, 6.45) is 1.20. The lowest BCUT2D eigenvalue weighted by molar-refractivity contribution is -0.384. The molecule has 0 radical (unpaired) electrons. The molecule has 0 unspecified atom stereocenters. The third-order valence-electron chi connectivity index (χ3n) is 3.04. The van der Waals surface area contributed by atoms with Gasteiger partial charge in [0.15, 0.2) is 0 Å². The number of carbonyl (C=O) groups excluding carboxylic acids is 1. The zero-order valence-corrected chi connectivity index (χ0v) is 13.8. The molecular weight excluding hydrogens is 372 g/mol. The fraction of sp³-hybridized carbons (Fsp3) is 0. The van der Waals surface area contributed by atoms with Crippen molar-refractivity contribution in [2.45, 2.75) is 0 Å². The highest BCUT2D eigenvalue weighted by Gasteiger charge is 2.16. The summed E-state index contributed by atoms with van der Waals surface area (Å²) >= 11 is 11.7. The first-order chi connectivity index (χ1) is 11.8. The maximum Gasteiger partial charge on any atom is 0.271 e. The van der Waals surface area contributed by atoms with Gasteiger partial charge in [-0.1, -0.05) is 29.3 Å². The molecule has 9 heteroatoms. The Morgan fingerprint density at radius 3 is 2.60 bits per heavy atom. The normalized spacial score (nSPS) is 10.9. The zero-order chi connectivity index (χ0) is 18.6. The van der Waals surface area contributed by atoms with Crippen LogP contribution in [0.15, 0.2) is 42.0 Å². The first-order valence-electron chi connectivity index (χ1n) is 6.64. The third kappa shape index (κ3) is 4.53. The van der Waals surface area contributed by atoms with Crippen molar-refractivity contribution < 1.29 is 14.1 Å². The fourth-order valence-electron chi connectivity index (χ4n) is 1.83. The summed E-state index contributed by atoms with van der Waals surface area (Å²) in [5.41, 5.74) is -0.824. The van der Waals surface area contributed by atoms with E-state index in [4.69, 9.17) is 28.5 Å². The zero-order valence-electron chi connectivity index (χ0n) is 12.3. The van der Waals surface area contributed by atoms with Crippen molar-refractivity contribution in [3.8, 4) is 6.07 Å². The Bertz CT molecular complexity index is 939. The average Bonchev–Trinajstić information content (AvgIpc) is 2.55. The Hall–Kier alpha value is -2.95. The lowest BCUT2D eigenvalue weighted by Gasteiger charge is -2.06. The van der Waals surface area contributed by atoms with Crippen molar-refractivity contribution in [2.75, 3.05) is 5.32 Å². The second kappa shape index (κ2) is 7.75. The number of nitro benzene ring substituents is 1. The van der Waals surface area contributed by atoms with Crippen LogP contribution in [0.5, 0.6) is 0 Å². The molecule has 1 amide bonds. The van der Waals surface area contributed by atoms with Crippen LogP contribution in [0.1, 0.15) is 5.56 Å². The Kier molecular flexibility index (Phi) is 5.70. The molecule has 25 heavy (non-hydrogen) atoms. The molecule has 1 N–H and O–H groups in total. The Labute approximate surface area is 151 Å². The number of carbonyl (C=O) groups is 1. The summed E-state index contributed by atoms with van der Waals surface area (Å²) in [5, 5.41) is 22.6. The number of hydrogen-bond donors (Lipinski definition) is 1. The van der Waals surface area contributed by atoms with Crippen molar-refractivity contribution in [3.63, 3.8) is 0 Å². The first-order valence-corrected chi connectivity index (χ1v) is 7.39. The van der Waals surface area contributed by atoms with Gasteiger partial charge in [0.25, 0.3) is 11.6 Å². The van der Waals surface area contributed by atoms with E-state index in [1.807, 2.05) is 0 Å². The topological polar surface area (TPSA) is 96.0 Å². The van der Waals surface area contributed by atoms with Gasteiger partial charge in [0, 0.05) is 22.2 Å². The predicted molar refractivity (Wildman–Crippen MR) is 91.7 cm³/mol. The Morgan fingerprint density at radius 2 is 2.00 bits per heavy atom. The summed E-state index contributed by atoms with van der Waals surface area (Å²) in [5.74, 6) is -1.81. The predicted octanol–water partition coefficient (Wildman–Crippen LogP) is 4.59. The maximum atomic E-state index is 13.7. The number of nitrogens with zero attached hydrogens (tertiary/aromatic N) is 2. The van der Waals surface area contributed by atoms with Crippen LogP contribution in [0, 0.1) is 27.3 Å². The standard InChI is InChI=1S/C16H8Cl2FN3O3/c17-11-2-1-9(13(18)6-11)5-10(8-20)16(23)21-15-7-12(22(24)25)3-4-14(15)19/h1-7H,(H,21,23)/b10-5+. The Morgan fingerprint density at radius 1 is 1.28 bits per heavy atom. The number of nitrogens with one attached hydrogen (secondary N) is 1. The smallest absolute Gasteiger partial charge is 0.271 e. The number of hydrogen-bond acceptors (Lipinski definition) is 4. The van der Waals surface area contributed by atoms with Crippen molar-refractivity contribution >= 4 is 46.6 Å². The van der Waals surface area contributed by atoms with Gasteiger partial charge in [-0.3, -0.25) is 14.9 Å². The molecule has 0 aromatic heterocycles. The van der Waals surface area contributed by atoms with Crippen molar-refractivity contribution in [2.24, 2.45) is 0 Å². The van der Waals surface area contributed by atoms with Gasteiger partial charge in [0.05, 0.1) is 10.6 Å². The number of nitriles is 1. The van der Waals surface area contributed by atoms with E-state index in [0.29, 0.717) is 10.6 Å². The molecule has 0 atom stereocenters. The maximum absolute atomic E-state index is 13.7. The van der Waals surface area contributed by atoms with Crippen LogP contribution in [-0.4, -0.2) is 10.8 Å². The minimum atomic E-state index is -0.937. The molecule has 2 aromatic rings. The van der Waals surface area contributed by atoms with E-state index in [9.17, 15) is 19.3 Å². The van der Waals surface area contributed by atoms with Crippen molar-refractivity contribution in [3.05, 3.63) is 73.5 Å². The SMILES string of the molecule is N#C/C(=C\c1ccc(Cl)cc1Cl)C(=O)Nc1cc([N+](=O)[O-])ccc1F. The summed E-state index contributed by atoms with van der Waals surface area (Å²) < 4.78 is 13.7. The number of halogens is 3. The molecule has 0 aliphatic heterocycles. The van der Waals surface area contributed by atoms with Gasteiger partial charge in [0.1, 0.15) is 17.5 Å². The molecule has 126 valence electrons. The second-order valence-corrected chi connectivity index (χ2v) is 5.55. The lowest BCUT2D eigenvalue weighted by atomic mass is 10.1. The molecule has 0 fully saturated rings. The van der Waals surface area contributed by atoms with E-state index in [1.54, 1.807) is 6.07 Å². The van der Waals surface area contributed by atoms with Gasteiger partial charge in [0.2, 0.25) is 0 Å². The molecule has 0 spiro atoms. The highest BCUT2D eigenvalue weighted by atomic mass is 35.5. The number of nitro groups is 1. The molecule has 2 rings (SSSR count). The lowest BCUT2D eigenvalue weighted by Crippen LogP contribution is -2.14. The third-order valence-corrected chi connectivity index (χ3v) is 3.60. The molecular formula is C16H8Cl2FN3O3. The van der Waals surface area contributed by atoms with Gasteiger partial charge in [-0.25, -0.2) is 4.39 Å². The molecule has 6 nitrogen and oxygen atoms in total. The van der Waals surface area contributed by atoms with Gasteiger partial charge >= 0.3 is 0 Å². The monoisotopic (exact) mass is 379 g/mol. The minimum absolute atomic E-state index is 0.217. The van der Waals surface area contributed by atoms with Crippen LogP contribution < -0.4 is 5.32 Å². The molecule has 0 saturated carbocycles. The van der Waals surface area contributed by atoms with E-state index >= 15 is 0 Å². The molecule has 0 aliphatic carbocycles. The summed E-state index contributed by atoms with van der Waals surface area (Å²) in [6.45, 7) is 0. The van der Waals surface area contributed by atoms with Gasteiger partial charge in [-0.05, 0) is 29.8 Å². The molecule has 2 aromatic carbocycles. The van der Waals surface area contributed by atoms with E-state index in [2.05, 4.69) is 5.32 Å². The highest BCUT2D eigenvalue weighted by Crippen LogP contribution is 2.24. The van der Waals surface area contributed by atoms with Crippen molar-refractivity contribution in [1.82, 2.24) is 0 Å². The number of rotatable bonds is 4. The number of anilines is 1. The molecule has 0 aliphatic rings. The van der Waals surface area contributed by atoms with Crippen LogP contribution in [0.3, 0.4) is 0 Å². The molecule has 0 saturated heterocycles. The van der Waals surface area contributed by atoms with Gasteiger partial charge in [-0.2, -0.15) is 5.26 Å². The minimum Gasteiger partial charge on any atom is -0.319 e. The van der Waals surface area contributed by atoms with Crippen molar-refractivity contribution in [1.29, 1.82) is 5.26 Å². The van der Waals surface area contributed by atoms with Gasteiger partial charge in [-0.15, -0.1) is 0 Å². The van der Waals surface area contributed by atoms with E-state index in [0.717, 1.165) is 18.2 Å². The quantitative estimate of drug-likeness (QED) is 0.363. The Balaban J connectivity index is 2.32. The van der Waals surface area contributed by atoms with Crippen LogP contribution in [0.4, 0.5) is 15.8 Å². The van der Waals surface area contributed by atoms with E-state index in [-0.39, 0.29) is 10.6 Å². The number of benzene rings is 2. The van der Waals surface area contributed by atoms with Crippen LogP contribution in [0.2, 0.25) is 10.0 Å². The van der Waals surface area contributed by atoms with E-state index in [1.165, 1.54) is 24.3 Å². The van der Waals surface area contributed by atoms with E-state index < -0.39 is 28.0 Å². The highest BCUT2D eigenvalue weighted by molar-refractivity contribution is 6.35. The fourth-order valence-corrected chi connectivity index (χ4v) is 2.30. The molecule has 0 bridgehead atoms. The number of amides is 1.